The molecule has 60 heavy (non-hydrogen) atoms. The van der Waals surface area contributed by atoms with Crippen molar-refractivity contribution in [2.24, 2.45) is 0 Å². The summed E-state index contributed by atoms with van der Waals surface area (Å²) in [6.07, 6.45) is 0. The van der Waals surface area contributed by atoms with Gasteiger partial charge in [0.05, 0.1) is 16.7 Å². The average molecular weight is 767 g/mol. The first-order valence-electron chi connectivity index (χ1n) is 20.2. The van der Waals surface area contributed by atoms with E-state index < -0.39 is 0 Å². The second-order valence-electron chi connectivity index (χ2n) is 15.2. The minimum absolute atomic E-state index is 0.576. The predicted octanol–water partition coefficient (Wildman–Crippen LogP) is 14.4. The highest BCUT2D eigenvalue weighted by molar-refractivity contribution is 6.16. The molecule has 0 saturated heterocycles. The van der Waals surface area contributed by atoms with Crippen molar-refractivity contribution in [2.75, 3.05) is 0 Å². The summed E-state index contributed by atoms with van der Waals surface area (Å²) in [5.74, 6) is 1.77. The van der Waals surface area contributed by atoms with Gasteiger partial charge in [0, 0.05) is 38.2 Å². The van der Waals surface area contributed by atoms with Gasteiger partial charge >= 0.3 is 0 Å². The highest BCUT2D eigenvalue weighted by Crippen LogP contribution is 2.42. The summed E-state index contributed by atoms with van der Waals surface area (Å²) < 4.78 is 9.15. The van der Waals surface area contributed by atoms with Crippen LogP contribution in [0.15, 0.2) is 211 Å². The quantitative estimate of drug-likeness (QED) is 0.169. The zero-order valence-corrected chi connectivity index (χ0v) is 32.3. The summed E-state index contributed by atoms with van der Waals surface area (Å²) in [6.45, 7) is 0. The fourth-order valence-corrected chi connectivity index (χ4v) is 8.69. The number of fused-ring (bicyclic) bond motifs is 7. The smallest absolute Gasteiger partial charge is 0.164 e. The molecule has 0 radical (unpaired) electrons. The van der Waals surface area contributed by atoms with E-state index in [1.807, 2.05) is 24.3 Å². The summed E-state index contributed by atoms with van der Waals surface area (Å²) in [7, 11) is 0. The Morgan fingerprint density at radius 2 is 0.867 bits per heavy atom. The molecule has 12 rings (SSSR count). The molecular formula is C55H34N4O. The van der Waals surface area contributed by atoms with Gasteiger partial charge in [0.25, 0.3) is 0 Å². The molecule has 0 bridgehead atoms. The molecule has 0 amide bonds. The van der Waals surface area contributed by atoms with Crippen molar-refractivity contribution in [3.8, 4) is 62.1 Å². The van der Waals surface area contributed by atoms with Crippen LogP contribution in [-0.2, 0) is 0 Å². The first-order chi connectivity index (χ1) is 29.7. The second kappa shape index (κ2) is 13.8. The van der Waals surface area contributed by atoms with E-state index in [9.17, 15) is 0 Å². The molecular weight excluding hydrogens is 733 g/mol. The second-order valence-corrected chi connectivity index (χ2v) is 15.2. The molecule has 0 fully saturated rings. The van der Waals surface area contributed by atoms with Gasteiger partial charge < -0.3 is 8.98 Å². The fourth-order valence-electron chi connectivity index (χ4n) is 8.69. The molecule has 0 N–H and O–H groups in total. The number of furan rings is 1. The van der Waals surface area contributed by atoms with Gasteiger partial charge in [0.2, 0.25) is 0 Å². The lowest BCUT2D eigenvalue weighted by atomic mass is 10.0. The maximum absolute atomic E-state index is 6.80. The van der Waals surface area contributed by atoms with Gasteiger partial charge in [0.15, 0.2) is 23.1 Å². The van der Waals surface area contributed by atoms with Gasteiger partial charge in [-0.2, -0.15) is 0 Å². The molecule has 5 heteroatoms. The Labute approximate surface area is 345 Å². The van der Waals surface area contributed by atoms with Crippen molar-refractivity contribution in [3.63, 3.8) is 0 Å². The van der Waals surface area contributed by atoms with E-state index in [0.717, 1.165) is 77.6 Å². The number of rotatable bonds is 6. The Morgan fingerprint density at radius 3 is 1.63 bits per heavy atom. The average Bonchev–Trinajstić information content (AvgIpc) is 3.86. The Bertz CT molecular complexity index is 3590. The molecule has 0 aliphatic carbocycles. The fraction of sp³-hybridized carbons (Fsp3) is 0. The Kier molecular flexibility index (Phi) is 7.78. The van der Waals surface area contributed by atoms with E-state index in [1.54, 1.807) is 0 Å². The third kappa shape index (κ3) is 5.67. The maximum atomic E-state index is 6.80. The molecule has 0 aliphatic heterocycles. The van der Waals surface area contributed by atoms with Crippen LogP contribution in [0, 0.1) is 0 Å². The van der Waals surface area contributed by atoms with Gasteiger partial charge in [0.1, 0.15) is 5.58 Å². The number of aromatic nitrogens is 4. The van der Waals surface area contributed by atoms with E-state index in [0.29, 0.717) is 17.5 Å². The molecule has 3 aromatic heterocycles. The zero-order valence-electron chi connectivity index (χ0n) is 32.3. The van der Waals surface area contributed by atoms with Gasteiger partial charge in [-0.1, -0.05) is 164 Å². The molecule has 5 nitrogen and oxygen atoms in total. The van der Waals surface area contributed by atoms with Crippen LogP contribution >= 0.6 is 0 Å². The molecule has 9 aromatic carbocycles. The van der Waals surface area contributed by atoms with Crippen LogP contribution in [0.5, 0.6) is 0 Å². The van der Waals surface area contributed by atoms with Gasteiger partial charge in [-0.05, 0) is 75.5 Å². The topological polar surface area (TPSA) is 56.7 Å². The highest BCUT2D eigenvalue weighted by atomic mass is 16.3. The van der Waals surface area contributed by atoms with E-state index in [-0.39, 0.29) is 0 Å². The number of hydrogen-bond donors (Lipinski definition) is 0. The monoisotopic (exact) mass is 766 g/mol. The molecule has 0 saturated carbocycles. The SMILES string of the molecule is c1ccc(-c2ccc(-c3nc(-c4cccc(-c5ccccc5)c4)nc(-c4cc(-n5c6ccccc6c6cc7ccccc7cc65)c5oc6ccccc6c5c4)n3)cc2)cc1. The van der Waals surface area contributed by atoms with E-state index >= 15 is 0 Å². The summed E-state index contributed by atoms with van der Waals surface area (Å²) in [4.78, 5) is 15.8. The normalized spacial score (nSPS) is 11.7. The molecule has 12 aromatic rings. The maximum Gasteiger partial charge on any atom is 0.164 e. The molecule has 0 unspecified atom stereocenters. The van der Waals surface area contributed by atoms with E-state index in [2.05, 4.69) is 187 Å². The summed E-state index contributed by atoms with van der Waals surface area (Å²) in [5, 5.41) is 6.76. The van der Waals surface area contributed by atoms with Crippen LogP contribution < -0.4 is 0 Å². The molecule has 0 spiro atoms. The van der Waals surface area contributed by atoms with Crippen molar-refractivity contribution in [2.45, 2.75) is 0 Å². The van der Waals surface area contributed by atoms with Crippen molar-refractivity contribution >= 4 is 54.5 Å². The Balaban J connectivity index is 1.12. The van der Waals surface area contributed by atoms with Gasteiger partial charge in [-0.15, -0.1) is 0 Å². The Hall–Kier alpha value is -8.15. The number of nitrogens with zero attached hydrogens (tertiary/aromatic N) is 4. The Morgan fingerprint density at radius 1 is 0.317 bits per heavy atom. The van der Waals surface area contributed by atoms with Crippen LogP contribution in [0.2, 0.25) is 0 Å². The first-order valence-corrected chi connectivity index (χ1v) is 20.2. The zero-order chi connectivity index (χ0) is 39.6. The first kappa shape index (κ1) is 33.9. The van der Waals surface area contributed by atoms with Gasteiger partial charge in [-0.25, -0.2) is 15.0 Å². The van der Waals surface area contributed by atoms with Crippen LogP contribution in [0.1, 0.15) is 0 Å². The van der Waals surface area contributed by atoms with Crippen molar-refractivity contribution in [3.05, 3.63) is 206 Å². The lowest BCUT2D eigenvalue weighted by Gasteiger charge is -2.13. The van der Waals surface area contributed by atoms with Crippen molar-refractivity contribution in [1.29, 1.82) is 0 Å². The summed E-state index contributed by atoms with van der Waals surface area (Å²) in [6, 6.07) is 72.1. The molecule has 0 aliphatic rings. The van der Waals surface area contributed by atoms with Crippen molar-refractivity contribution in [1.82, 2.24) is 19.5 Å². The predicted molar refractivity (Wildman–Crippen MR) is 246 cm³/mol. The molecule has 0 atom stereocenters. The van der Waals surface area contributed by atoms with Crippen molar-refractivity contribution < 1.29 is 4.42 Å². The van der Waals surface area contributed by atoms with Gasteiger partial charge in [-0.3, -0.25) is 0 Å². The number of hydrogen-bond acceptors (Lipinski definition) is 4. The minimum atomic E-state index is 0.576. The molecule has 3 heterocycles. The van der Waals surface area contributed by atoms with Crippen LogP contribution in [0.25, 0.3) is 117 Å². The highest BCUT2D eigenvalue weighted by Gasteiger charge is 2.22. The lowest BCUT2D eigenvalue weighted by molar-refractivity contribution is 0.666. The standard InChI is InChI=1S/C55H34N4O/c1-3-14-35(15-4-1)37-26-28-38(29-27-37)53-56-54(42-21-13-20-39(30-42)36-16-5-2-6-17-36)58-55(57-53)43-32-47-45-23-10-12-25-51(45)60-52(47)50(34-43)59-48-24-11-9-22-44(48)46-31-40-18-7-8-19-41(40)33-49(46)59/h1-34H. The van der Waals surface area contributed by atoms with E-state index in [1.165, 1.54) is 21.5 Å². The third-order valence-electron chi connectivity index (χ3n) is 11.6. The van der Waals surface area contributed by atoms with Crippen LogP contribution in [0.4, 0.5) is 0 Å². The number of benzene rings is 9. The number of para-hydroxylation sites is 2. The van der Waals surface area contributed by atoms with Crippen LogP contribution in [-0.4, -0.2) is 19.5 Å². The summed E-state index contributed by atoms with van der Waals surface area (Å²) >= 11 is 0. The van der Waals surface area contributed by atoms with E-state index in [4.69, 9.17) is 19.4 Å². The summed E-state index contributed by atoms with van der Waals surface area (Å²) in [5.41, 5.74) is 11.9. The third-order valence-corrected chi connectivity index (χ3v) is 11.6. The largest absolute Gasteiger partial charge is 0.454 e. The molecule has 280 valence electrons. The van der Waals surface area contributed by atoms with Crippen LogP contribution in [0.3, 0.4) is 0 Å². The lowest BCUT2D eigenvalue weighted by Crippen LogP contribution is -2.02. The minimum Gasteiger partial charge on any atom is -0.454 e.